The minimum atomic E-state index is -3.95. The summed E-state index contributed by atoms with van der Waals surface area (Å²) in [4.78, 5) is 12.0. The second-order valence-electron chi connectivity index (χ2n) is 5.44. The molecular weight excluding hydrogens is 385 g/mol. The molecule has 6 nitrogen and oxygen atoms in total. The number of halogens is 3. The number of methoxy groups -OCH3 is 1. The number of hydrogen-bond donors (Lipinski definition) is 2. The fourth-order valence-electron chi connectivity index (χ4n) is 2.16. The Balaban J connectivity index is 2.38. The highest BCUT2D eigenvalue weighted by atomic mass is 32.2. The largest absolute Gasteiger partial charge is 0.495 e. The molecule has 0 spiro atoms. The van der Waals surface area contributed by atoms with Gasteiger partial charge in [-0.15, -0.1) is 0 Å². The summed E-state index contributed by atoms with van der Waals surface area (Å²) in [5, 5.41) is 2.08. The molecule has 0 aliphatic carbocycles. The molecule has 27 heavy (non-hydrogen) atoms. The number of sulfonamides is 1. The molecule has 2 aromatic carbocycles. The summed E-state index contributed by atoms with van der Waals surface area (Å²) < 4.78 is 72.1. The Morgan fingerprint density at radius 2 is 1.81 bits per heavy atom. The highest BCUT2D eigenvalue weighted by Crippen LogP contribution is 2.26. The van der Waals surface area contributed by atoms with E-state index < -0.39 is 39.1 Å². The zero-order chi connectivity index (χ0) is 20.2. The van der Waals surface area contributed by atoms with Gasteiger partial charge in [-0.05, 0) is 36.8 Å². The van der Waals surface area contributed by atoms with Crippen LogP contribution in [0.3, 0.4) is 0 Å². The van der Waals surface area contributed by atoms with E-state index in [-0.39, 0.29) is 22.8 Å². The Bertz CT molecular complexity index is 965. The van der Waals surface area contributed by atoms with Crippen molar-refractivity contribution < 1.29 is 31.1 Å². The predicted octanol–water partition coefficient (Wildman–Crippen LogP) is 3.05. The summed E-state index contributed by atoms with van der Waals surface area (Å²) in [6.07, 6.45) is 0.553. The number of ether oxygens (including phenoxy) is 1. The Hall–Kier alpha value is -2.59. The topological polar surface area (TPSA) is 84.5 Å². The van der Waals surface area contributed by atoms with Crippen LogP contribution in [0.1, 0.15) is 23.7 Å². The van der Waals surface area contributed by atoms with E-state index in [0.717, 1.165) is 12.1 Å². The molecule has 0 aromatic heterocycles. The molecular formula is C17H17F3N2O4S. The number of carbonyl (C=O) groups is 1. The maximum absolute atomic E-state index is 13.7. The summed E-state index contributed by atoms with van der Waals surface area (Å²) in [5.41, 5.74) is -0.722. The molecule has 0 heterocycles. The van der Waals surface area contributed by atoms with Crippen LogP contribution in [0.2, 0.25) is 0 Å². The third-order valence-electron chi connectivity index (χ3n) is 3.54. The lowest BCUT2D eigenvalue weighted by atomic mass is 10.2. The third-order valence-corrected chi connectivity index (χ3v) is 5.02. The van der Waals surface area contributed by atoms with Crippen LogP contribution < -0.4 is 14.8 Å². The molecule has 0 saturated heterocycles. The third kappa shape index (κ3) is 4.58. The van der Waals surface area contributed by atoms with E-state index in [4.69, 9.17) is 4.74 Å². The van der Waals surface area contributed by atoms with E-state index in [1.807, 2.05) is 0 Å². The highest BCUT2D eigenvalue weighted by Gasteiger charge is 2.22. The molecule has 2 N–H and O–H groups in total. The van der Waals surface area contributed by atoms with Gasteiger partial charge >= 0.3 is 0 Å². The molecule has 0 fully saturated rings. The molecule has 0 atom stereocenters. The molecule has 10 heteroatoms. The van der Waals surface area contributed by atoms with E-state index >= 15 is 0 Å². The summed E-state index contributed by atoms with van der Waals surface area (Å²) in [6.45, 7) is 1.96. The molecule has 0 radical (unpaired) electrons. The standard InChI is InChI=1S/C17H17F3N2O4S/c1-3-8-21-27(24,25)14-9-10(4-7-13(14)26-2)17(23)22-12-6-5-11(18)15(19)16(12)20/h4-7,9,21H,3,8H2,1-2H3,(H,22,23). The number of carbonyl (C=O) groups excluding carboxylic acids is 1. The fraction of sp³-hybridized carbons (Fsp3) is 0.235. The van der Waals surface area contributed by atoms with E-state index in [1.54, 1.807) is 6.92 Å². The van der Waals surface area contributed by atoms with E-state index in [9.17, 15) is 26.4 Å². The van der Waals surface area contributed by atoms with Crippen molar-refractivity contribution in [2.45, 2.75) is 18.2 Å². The molecule has 0 aliphatic rings. The van der Waals surface area contributed by atoms with Crippen molar-refractivity contribution >= 4 is 21.6 Å². The van der Waals surface area contributed by atoms with E-state index in [1.165, 1.54) is 19.2 Å². The highest BCUT2D eigenvalue weighted by molar-refractivity contribution is 7.89. The number of hydrogen-bond acceptors (Lipinski definition) is 4. The molecule has 0 unspecified atom stereocenters. The van der Waals surface area contributed by atoms with Crippen molar-refractivity contribution in [2.75, 3.05) is 19.0 Å². The second kappa shape index (κ2) is 8.40. The average Bonchev–Trinajstić information content (AvgIpc) is 2.66. The maximum Gasteiger partial charge on any atom is 0.255 e. The Labute approximate surface area is 154 Å². The van der Waals surface area contributed by atoms with E-state index in [0.29, 0.717) is 12.5 Å². The van der Waals surface area contributed by atoms with Crippen molar-refractivity contribution in [3.05, 3.63) is 53.3 Å². The molecule has 0 aliphatic heterocycles. The van der Waals surface area contributed by atoms with Crippen LogP contribution >= 0.6 is 0 Å². The molecule has 0 bridgehead atoms. The molecule has 1 amide bonds. The van der Waals surface area contributed by atoms with Gasteiger partial charge in [0.15, 0.2) is 17.5 Å². The van der Waals surface area contributed by atoms with Crippen LogP contribution in [0.25, 0.3) is 0 Å². The van der Waals surface area contributed by atoms with Crippen LogP contribution in [0.15, 0.2) is 35.2 Å². The maximum atomic E-state index is 13.7. The van der Waals surface area contributed by atoms with Gasteiger partial charge in [0.2, 0.25) is 10.0 Å². The second-order valence-corrected chi connectivity index (χ2v) is 7.18. The number of nitrogens with one attached hydrogen (secondary N) is 2. The number of rotatable bonds is 7. The first kappa shape index (κ1) is 20.7. The van der Waals surface area contributed by atoms with Gasteiger partial charge in [-0.1, -0.05) is 6.92 Å². The van der Waals surface area contributed by atoms with Crippen molar-refractivity contribution in [2.24, 2.45) is 0 Å². The molecule has 2 rings (SSSR count). The Morgan fingerprint density at radius 1 is 1.11 bits per heavy atom. The SMILES string of the molecule is CCCNS(=O)(=O)c1cc(C(=O)Nc2ccc(F)c(F)c2F)ccc1OC. The lowest BCUT2D eigenvalue weighted by Crippen LogP contribution is -2.25. The first-order valence-electron chi connectivity index (χ1n) is 7.83. The van der Waals surface area contributed by atoms with Crippen LogP contribution in [-0.4, -0.2) is 28.0 Å². The first-order valence-corrected chi connectivity index (χ1v) is 9.32. The van der Waals surface area contributed by atoms with Crippen LogP contribution in [0.5, 0.6) is 5.75 Å². The summed E-state index contributed by atoms with van der Waals surface area (Å²) in [6, 6.07) is 5.08. The number of amides is 1. The van der Waals surface area contributed by atoms with Gasteiger partial charge in [-0.25, -0.2) is 26.3 Å². The molecule has 146 valence electrons. The Kier molecular flexibility index (Phi) is 6.45. The van der Waals surface area contributed by atoms with Gasteiger partial charge in [-0.2, -0.15) is 0 Å². The summed E-state index contributed by atoms with van der Waals surface area (Å²) >= 11 is 0. The minimum Gasteiger partial charge on any atom is -0.495 e. The number of benzene rings is 2. The van der Waals surface area contributed by atoms with E-state index in [2.05, 4.69) is 10.0 Å². The van der Waals surface area contributed by atoms with Gasteiger partial charge < -0.3 is 10.1 Å². The fourth-order valence-corrected chi connectivity index (χ4v) is 3.49. The quantitative estimate of drug-likeness (QED) is 0.698. The minimum absolute atomic E-state index is 0.00848. The zero-order valence-electron chi connectivity index (χ0n) is 14.5. The molecule has 0 saturated carbocycles. The lowest BCUT2D eigenvalue weighted by Gasteiger charge is -2.12. The average molecular weight is 402 g/mol. The Morgan fingerprint density at radius 3 is 2.44 bits per heavy atom. The number of anilines is 1. The van der Waals surface area contributed by atoms with Crippen LogP contribution in [0, 0.1) is 17.5 Å². The van der Waals surface area contributed by atoms with Gasteiger partial charge in [0.1, 0.15) is 10.6 Å². The van der Waals surface area contributed by atoms with Gasteiger partial charge in [0.25, 0.3) is 5.91 Å². The smallest absolute Gasteiger partial charge is 0.255 e. The van der Waals surface area contributed by atoms with Crippen molar-refractivity contribution in [1.29, 1.82) is 0 Å². The predicted molar refractivity (Wildman–Crippen MR) is 92.7 cm³/mol. The normalized spacial score (nSPS) is 11.3. The van der Waals surface area contributed by atoms with Gasteiger partial charge in [-0.3, -0.25) is 4.79 Å². The van der Waals surface area contributed by atoms with Crippen molar-refractivity contribution in [3.8, 4) is 5.75 Å². The summed E-state index contributed by atoms with van der Waals surface area (Å²) in [5.74, 6) is -5.59. The van der Waals surface area contributed by atoms with Crippen molar-refractivity contribution in [1.82, 2.24) is 4.72 Å². The van der Waals surface area contributed by atoms with Crippen LogP contribution in [0.4, 0.5) is 18.9 Å². The van der Waals surface area contributed by atoms with Crippen LogP contribution in [-0.2, 0) is 10.0 Å². The first-order chi connectivity index (χ1) is 12.7. The van der Waals surface area contributed by atoms with Crippen molar-refractivity contribution in [3.63, 3.8) is 0 Å². The molecule has 2 aromatic rings. The zero-order valence-corrected chi connectivity index (χ0v) is 15.3. The summed E-state index contributed by atoms with van der Waals surface area (Å²) in [7, 11) is -2.68. The lowest BCUT2D eigenvalue weighted by molar-refractivity contribution is 0.102. The van der Waals surface area contributed by atoms with Gasteiger partial charge in [0.05, 0.1) is 12.8 Å². The monoisotopic (exact) mass is 402 g/mol. The van der Waals surface area contributed by atoms with Gasteiger partial charge in [0, 0.05) is 12.1 Å².